The molecule has 128 valence electrons. The predicted molar refractivity (Wildman–Crippen MR) is 108 cm³/mol. The summed E-state index contributed by atoms with van der Waals surface area (Å²) in [6.45, 7) is 5.83. The number of hydrogen-bond donors (Lipinski definition) is 0. The summed E-state index contributed by atoms with van der Waals surface area (Å²) >= 11 is 3.67. The Morgan fingerprint density at radius 1 is 0.920 bits per heavy atom. The van der Waals surface area contributed by atoms with Gasteiger partial charge in [-0.25, -0.2) is 4.31 Å². The first kappa shape index (κ1) is 16.9. The Kier molecular flexibility index (Phi) is 5.22. The van der Waals surface area contributed by atoms with Gasteiger partial charge in [-0.3, -0.25) is 0 Å². The highest BCUT2D eigenvalue weighted by molar-refractivity contribution is 7.97. The predicted octanol–water partition coefficient (Wildman–Crippen LogP) is 5.73. The lowest BCUT2D eigenvalue weighted by atomic mass is 10.1. The topological polar surface area (TPSA) is 12.5 Å². The Morgan fingerprint density at radius 3 is 2.52 bits per heavy atom. The minimum absolute atomic E-state index is 0.830. The molecule has 4 rings (SSSR count). The second kappa shape index (κ2) is 7.75. The van der Waals surface area contributed by atoms with Crippen molar-refractivity contribution < 1.29 is 4.74 Å². The van der Waals surface area contributed by atoms with Crippen molar-refractivity contribution in [1.29, 1.82) is 0 Å². The molecule has 0 aliphatic carbocycles. The molecule has 0 N–H and O–H groups in total. The Morgan fingerprint density at radius 2 is 1.72 bits per heavy atom. The molecule has 0 unspecified atom stereocenters. The van der Waals surface area contributed by atoms with Gasteiger partial charge in [0.25, 0.3) is 0 Å². The third-order valence-corrected chi connectivity index (χ3v) is 6.62. The average molecular weight is 368 g/mol. The van der Waals surface area contributed by atoms with Gasteiger partial charge in [0.15, 0.2) is 0 Å². The molecule has 25 heavy (non-hydrogen) atoms. The normalized spacial score (nSPS) is 15.4. The van der Waals surface area contributed by atoms with Gasteiger partial charge in [0, 0.05) is 22.9 Å². The third-order valence-electron chi connectivity index (χ3n) is 4.38. The zero-order valence-electron chi connectivity index (χ0n) is 14.3. The van der Waals surface area contributed by atoms with Gasteiger partial charge < -0.3 is 4.74 Å². The van der Waals surface area contributed by atoms with E-state index in [9.17, 15) is 0 Å². The summed E-state index contributed by atoms with van der Waals surface area (Å²) in [6, 6.07) is 19.7. The van der Waals surface area contributed by atoms with E-state index in [-0.39, 0.29) is 0 Å². The third kappa shape index (κ3) is 3.98. The van der Waals surface area contributed by atoms with Gasteiger partial charge in [0.05, 0.1) is 13.2 Å². The molecule has 0 spiro atoms. The van der Waals surface area contributed by atoms with Crippen molar-refractivity contribution in [3.63, 3.8) is 0 Å². The summed E-state index contributed by atoms with van der Waals surface area (Å²) < 4.78 is 7.85. The van der Waals surface area contributed by atoms with Gasteiger partial charge in [-0.2, -0.15) is 0 Å². The molecular weight excluding hydrogens is 346 g/mol. The number of aryl methyl sites for hydroxylation is 1. The lowest BCUT2D eigenvalue weighted by molar-refractivity contribution is 0.0773. The molecule has 0 atom stereocenters. The molecule has 4 heteroatoms. The van der Waals surface area contributed by atoms with Crippen LogP contribution in [0.5, 0.6) is 0 Å². The molecule has 1 aromatic heterocycles. The quantitative estimate of drug-likeness (QED) is 0.546. The van der Waals surface area contributed by atoms with Crippen molar-refractivity contribution in [1.82, 2.24) is 4.31 Å². The summed E-state index contributed by atoms with van der Waals surface area (Å²) in [5, 5.41) is 2.26. The van der Waals surface area contributed by atoms with Crippen LogP contribution < -0.4 is 0 Å². The van der Waals surface area contributed by atoms with Gasteiger partial charge in [-0.1, -0.05) is 42.5 Å². The second-order valence-electron chi connectivity index (χ2n) is 6.18. The first-order valence-electron chi connectivity index (χ1n) is 8.55. The van der Waals surface area contributed by atoms with E-state index in [2.05, 4.69) is 71.2 Å². The van der Waals surface area contributed by atoms with Crippen LogP contribution in [0.3, 0.4) is 0 Å². The van der Waals surface area contributed by atoms with E-state index in [0.29, 0.717) is 0 Å². The maximum atomic E-state index is 5.45. The maximum Gasteiger partial charge on any atom is 0.0603 e. The number of benzene rings is 2. The number of ether oxygens (including phenoxy) is 1. The minimum Gasteiger partial charge on any atom is -0.379 e. The summed E-state index contributed by atoms with van der Waals surface area (Å²) in [4.78, 5) is 2.66. The van der Waals surface area contributed by atoms with Gasteiger partial charge in [-0.15, -0.1) is 11.3 Å². The molecule has 1 aliphatic heterocycles. The highest BCUT2D eigenvalue weighted by Crippen LogP contribution is 2.35. The van der Waals surface area contributed by atoms with Crippen LogP contribution >= 0.6 is 23.3 Å². The number of morpholine rings is 1. The fourth-order valence-electron chi connectivity index (χ4n) is 2.90. The van der Waals surface area contributed by atoms with Crippen molar-refractivity contribution in [2.45, 2.75) is 11.8 Å². The first-order valence-corrected chi connectivity index (χ1v) is 10.2. The monoisotopic (exact) mass is 367 g/mol. The molecule has 1 fully saturated rings. The minimum atomic E-state index is 0.830. The fraction of sp³-hybridized carbons (Fsp3) is 0.238. The van der Waals surface area contributed by atoms with Crippen LogP contribution in [0.1, 0.15) is 5.56 Å². The van der Waals surface area contributed by atoms with Crippen LogP contribution in [0, 0.1) is 6.92 Å². The van der Waals surface area contributed by atoms with Crippen molar-refractivity contribution in [3.05, 3.63) is 65.5 Å². The van der Waals surface area contributed by atoms with E-state index in [4.69, 9.17) is 4.74 Å². The van der Waals surface area contributed by atoms with E-state index in [1.54, 1.807) is 0 Å². The highest BCUT2D eigenvalue weighted by Gasteiger charge is 2.14. The Hall–Kier alpha value is -1.59. The lowest BCUT2D eigenvalue weighted by Gasteiger charge is -2.26. The van der Waals surface area contributed by atoms with Gasteiger partial charge in [0.2, 0.25) is 0 Å². The van der Waals surface area contributed by atoms with E-state index >= 15 is 0 Å². The molecule has 3 aromatic rings. The number of nitrogens with zero attached hydrogens (tertiary/aromatic N) is 1. The smallest absolute Gasteiger partial charge is 0.0603 e. The van der Waals surface area contributed by atoms with E-state index < -0.39 is 0 Å². The van der Waals surface area contributed by atoms with Crippen LogP contribution in [0.25, 0.3) is 21.6 Å². The molecule has 2 heterocycles. The number of hydrogen-bond acceptors (Lipinski definition) is 4. The molecule has 0 saturated carbocycles. The second-order valence-corrected chi connectivity index (χ2v) is 8.23. The molecule has 2 aromatic carbocycles. The average Bonchev–Trinajstić information content (AvgIpc) is 3.15. The van der Waals surface area contributed by atoms with E-state index in [0.717, 1.165) is 26.3 Å². The number of rotatable bonds is 4. The van der Waals surface area contributed by atoms with Crippen LogP contribution in [0.2, 0.25) is 0 Å². The maximum absolute atomic E-state index is 5.45. The molecular formula is C21H21NOS2. The van der Waals surface area contributed by atoms with E-state index in [1.807, 2.05) is 23.3 Å². The Labute approximate surface area is 157 Å². The first-order chi connectivity index (χ1) is 12.3. The van der Waals surface area contributed by atoms with Crippen molar-refractivity contribution >= 4 is 23.3 Å². The van der Waals surface area contributed by atoms with Crippen LogP contribution in [-0.4, -0.2) is 30.6 Å². The highest BCUT2D eigenvalue weighted by atomic mass is 32.2. The molecule has 2 nitrogen and oxygen atoms in total. The SMILES string of the molecule is Cc1ccc(-c2csc(-c3ccccc3)c2)cc1SN1CCOCC1. The zero-order valence-corrected chi connectivity index (χ0v) is 15.9. The largest absolute Gasteiger partial charge is 0.379 e. The van der Waals surface area contributed by atoms with Crippen LogP contribution in [-0.2, 0) is 4.74 Å². The summed E-state index contributed by atoms with van der Waals surface area (Å²) in [5.74, 6) is 0. The van der Waals surface area contributed by atoms with Crippen LogP contribution in [0.4, 0.5) is 0 Å². The summed E-state index contributed by atoms with van der Waals surface area (Å²) in [6.07, 6.45) is 0. The van der Waals surface area contributed by atoms with Gasteiger partial charge in [-0.05, 0) is 58.6 Å². The van der Waals surface area contributed by atoms with Crippen molar-refractivity contribution in [2.24, 2.45) is 0 Å². The molecule has 0 amide bonds. The van der Waals surface area contributed by atoms with E-state index in [1.165, 1.54) is 32.0 Å². The van der Waals surface area contributed by atoms with Gasteiger partial charge in [0.1, 0.15) is 0 Å². The molecule has 0 bridgehead atoms. The Bertz CT molecular complexity index is 838. The molecule has 1 saturated heterocycles. The molecule has 0 radical (unpaired) electrons. The number of thiophene rings is 1. The zero-order chi connectivity index (χ0) is 17.1. The van der Waals surface area contributed by atoms with Crippen LogP contribution in [0.15, 0.2) is 64.9 Å². The lowest BCUT2D eigenvalue weighted by Crippen LogP contribution is -2.30. The summed E-state index contributed by atoms with van der Waals surface area (Å²) in [5.41, 5.74) is 5.21. The van der Waals surface area contributed by atoms with Gasteiger partial charge >= 0.3 is 0 Å². The fourth-order valence-corrected chi connectivity index (χ4v) is 4.82. The molecule has 1 aliphatic rings. The van der Waals surface area contributed by atoms with Crippen molar-refractivity contribution in [2.75, 3.05) is 26.3 Å². The Balaban J connectivity index is 1.58. The standard InChI is InChI=1S/C21H21NOS2/c1-16-7-8-18(13-20(16)25-22-9-11-23-12-10-22)19-14-21(24-15-19)17-5-3-2-4-6-17/h2-8,13-15H,9-12H2,1H3. The summed E-state index contributed by atoms with van der Waals surface area (Å²) in [7, 11) is 0. The van der Waals surface area contributed by atoms with Crippen molar-refractivity contribution in [3.8, 4) is 21.6 Å².